The molecule has 1 aliphatic heterocycles. The van der Waals surface area contributed by atoms with E-state index < -0.39 is 0 Å². The summed E-state index contributed by atoms with van der Waals surface area (Å²) in [5.74, 6) is 0.495. The molecule has 2 nitrogen and oxygen atoms in total. The summed E-state index contributed by atoms with van der Waals surface area (Å²) in [6.07, 6.45) is 2.45. The molecule has 2 aromatic carbocycles. The molecule has 1 heterocycles. The van der Waals surface area contributed by atoms with E-state index in [1.54, 1.807) is 0 Å². The van der Waals surface area contributed by atoms with E-state index in [4.69, 9.17) is 0 Å². The first-order valence-electron chi connectivity index (χ1n) is 9.84. The minimum absolute atomic E-state index is 0.495. The van der Waals surface area contributed by atoms with Gasteiger partial charge in [-0.05, 0) is 37.4 Å². The SMILES string of the molecule is CCC(C)N1CCN(CCC(c2ccccc2)c2ccccc2)CC1. The molecule has 0 aromatic heterocycles. The second-order valence-electron chi connectivity index (χ2n) is 7.30. The molecule has 3 rings (SSSR count). The van der Waals surface area contributed by atoms with E-state index in [0.29, 0.717) is 5.92 Å². The van der Waals surface area contributed by atoms with Crippen molar-refractivity contribution in [1.29, 1.82) is 0 Å². The monoisotopic (exact) mass is 336 g/mol. The molecule has 1 fully saturated rings. The predicted octanol–water partition coefficient (Wildman–Crippen LogP) is 4.62. The van der Waals surface area contributed by atoms with Crippen LogP contribution in [0.15, 0.2) is 60.7 Å². The standard InChI is InChI=1S/C23H32N2/c1-3-20(2)25-18-16-24(17-19-25)15-14-23(21-10-6-4-7-11-21)22-12-8-5-9-13-22/h4-13,20,23H,3,14-19H2,1-2H3. The van der Waals surface area contributed by atoms with Crippen molar-refractivity contribution in [2.24, 2.45) is 0 Å². The third-order valence-corrected chi connectivity index (χ3v) is 5.76. The van der Waals surface area contributed by atoms with Crippen molar-refractivity contribution in [3.05, 3.63) is 71.8 Å². The summed E-state index contributed by atoms with van der Waals surface area (Å²) in [6.45, 7) is 10.7. The van der Waals surface area contributed by atoms with Crippen LogP contribution in [-0.2, 0) is 0 Å². The van der Waals surface area contributed by atoms with E-state index in [9.17, 15) is 0 Å². The van der Waals surface area contributed by atoms with E-state index >= 15 is 0 Å². The molecule has 0 radical (unpaired) electrons. The molecule has 2 heteroatoms. The first kappa shape index (κ1) is 18.2. The zero-order valence-corrected chi connectivity index (χ0v) is 15.8. The molecule has 0 bridgehead atoms. The van der Waals surface area contributed by atoms with Crippen molar-refractivity contribution in [2.45, 2.75) is 38.6 Å². The Morgan fingerprint density at radius 3 is 1.80 bits per heavy atom. The van der Waals surface area contributed by atoms with Crippen LogP contribution in [0.5, 0.6) is 0 Å². The van der Waals surface area contributed by atoms with E-state index in [2.05, 4.69) is 84.3 Å². The van der Waals surface area contributed by atoms with Gasteiger partial charge in [-0.1, -0.05) is 67.6 Å². The maximum Gasteiger partial charge on any atom is 0.0113 e. The molecular formula is C23H32N2. The molecule has 0 aliphatic carbocycles. The molecule has 1 saturated heterocycles. The van der Waals surface area contributed by atoms with Crippen LogP contribution in [0, 0.1) is 0 Å². The lowest BCUT2D eigenvalue weighted by molar-refractivity contribution is 0.0992. The maximum atomic E-state index is 2.65. The highest BCUT2D eigenvalue weighted by atomic mass is 15.3. The van der Waals surface area contributed by atoms with Gasteiger partial charge in [-0.15, -0.1) is 0 Å². The Morgan fingerprint density at radius 2 is 1.32 bits per heavy atom. The first-order valence-corrected chi connectivity index (χ1v) is 9.84. The fourth-order valence-corrected chi connectivity index (χ4v) is 3.89. The van der Waals surface area contributed by atoms with Gasteiger partial charge in [0.05, 0.1) is 0 Å². The lowest BCUT2D eigenvalue weighted by Gasteiger charge is -2.38. The van der Waals surface area contributed by atoms with E-state index in [0.717, 1.165) is 6.04 Å². The zero-order chi connectivity index (χ0) is 17.5. The molecule has 1 unspecified atom stereocenters. The van der Waals surface area contributed by atoms with Gasteiger partial charge < -0.3 is 4.90 Å². The van der Waals surface area contributed by atoms with Gasteiger partial charge in [0, 0.05) is 38.1 Å². The van der Waals surface area contributed by atoms with E-state index in [1.165, 1.54) is 56.7 Å². The van der Waals surface area contributed by atoms with Crippen molar-refractivity contribution in [2.75, 3.05) is 32.7 Å². The summed E-state index contributed by atoms with van der Waals surface area (Å²) >= 11 is 0. The van der Waals surface area contributed by atoms with Gasteiger partial charge in [-0.25, -0.2) is 0 Å². The summed E-state index contributed by atoms with van der Waals surface area (Å²) in [6, 6.07) is 22.7. The van der Waals surface area contributed by atoms with Crippen LogP contribution < -0.4 is 0 Å². The number of benzene rings is 2. The third-order valence-electron chi connectivity index (χ3n) is 5.76. The van der Waals surface area contributed by atoms with E-state index in [1.807, 2.05) is 0 Å². The summed E-state index contributed by atoms with van der Waals surface area (Å²) in [4.78, 5) is 5.29. The minimum Gasteiger partial charge on any atom is -0.301 e. The number of hydrogen-bond donors (Lipinski definition) is 0. The van der Waals surface area contributed by atoms with Gasteiger partial charge in [0.25, 0.3) is 0 Å². The van der Waals surface area contributed by atoms with E-state index in [-0.39, 0.29) is 0 Å². The Hall–Kier alpha value is -1.64. The highest BCUT2D eigenvalue weighted by molar-refractivity contribution is 5.32. The Kier molecular flexibility index (Phi) is 6.66. The quantitative estimate of drug-likeness (QED) is 0.727. The number of rotatable bonds is 7. The molecule has 25 heavy (non-hydrogen) atoms. The van der Waals surface area contributed by atoms with Gasteiger partial charge >= 0.3 is 0 Å². The van der Waals surface area contributed by atoms with Gasteiger partial charge in [-0.2, -0.15) is 0 Å². The average molecular weight is 337 g/mol. The predicted molar refractivity (Wildman–Crippen MR) is 107 cm³/mol. The van der Waals surface area contributed by atoms with Crippen LogP contribution >= 0.6 is 0 Å². The maximum absolute atomic E-state index is 2.65. The second kappa shape index (κ2) is 9.17. The normalized spacial score (nSPS) is 17.7. The summed E-state index contributed by atoms with van der Waals surface area (Å²) in [5.41, 5.74) is 2.87. The third kappa shape index (κ3) is 4.93. The summed E-state index contributed by atoms with van der Waals surface area (Å²) in [7, 11) is 0. The summed E-state index contributed by atoms with van der Waals surface area (Å²) in [5, 5.41) is 0. The molecule has 1 aliphatic rings. The highest BCUT2D eigenvalue weighted by Gasteiger charge is 2.21. The van der Waals surface area contributed by atoms with Crippen LogP contribution in [0.3, 0.4) is 0 Å². The molecule has 1 atom stereocenters. The van der Waals surface area contributed by atoms with Crippen molar-refractivity contribution < 1.29 is 0 Å². The average Bonchev–Trinajstić information content (AvgIpc) is 2.70. The van der Waals surface area contributed by atoms with Crippen molar-refractivity contribution in [1.82, 2.24) is 9.80 Å². The molecule has 134 valence electrons. The topological polar surface area (TPSA) is 6.48 Å². The Bertz CT molecular complexity index is 563. The highest BCUT2D eigenvalue weighted by Crippen LogP contribution is 2.28. The molecule has 0 amide bonds. The number of nitrogens with zero attached hydrogens (tertiary/aromatic N) is 2. The van der Waals surface area contributed by atoms with Crippen LogP contribution in [0.25, 0.3) is 0 Å². The van der Waals surface area contributed by atoms with Crippen molar-refractivity contribution >= 4 is 0 Å². The molecule has 0 saturated carbocycles. The van der Waals surface area contributed by atoms with Gasteiger partial charge in [0.1, 0.15) is 0 Å². The molecule has 0 N–H and O–H groups in total. The first-order chi connectivity index (χ1) is 12.3. The van der Waals surface area contributed by atoms with Crippen molar-refractivity contribution in [3.8, 4) is 0 Å². The molecular weight excluding hydrogens is 304 g/mol. The Labute approximate surface area is 153 Å². The number of piperazine rings is 1. The second-order valence-corrected chi connectivity index (χ2v) is 7.30. The van der Waals surface area contributed by atoms with Crippen LogP contribution in [-0.4, -0.2) is 48.6 Å². The molecule has 2 aromatic rings. The van der Waals surface area contributed by atoms with Crippen LogP contribution in [0.2, 0.25) is 0 Å². The minimum atomic E-state index is 0.495. The largest absolute Gasteiger partial charge is 0.301 e. The van der Waals surface area contributed by atoms with Crippen LogP contribution in [0.1, 0.15) is 43.7 Å². The van der Waals surface area contributed by atoms with Crippen LogP contribution in [0.4, 0.5) is 0 Å². The Balaban J connectivity index is 1.61. The molecule has 0 spiro atoms. The van der Waals surface area contributed by atoms with Gasteiger partial charge in [-0.3, -0.25) is 4.90 Å². The smallest absolute Gasteiger partial charge is 0.0113 e. The number of hydrogen-bond acceptors (Lipinski definition) is 2. The lowest BCUT2D eigenvalue weighted by Crippen LogP contribution is -2.49. The fraction of sp³-hybridized carbons (Fsp3) is 0.478. The fourth-order valence-electron chi connectivity index (χ4n) is 3.89. The summed E-state index contributed by atoms with van der Waals surface area (Å²) < 4.78 is 0. The van der Waals surface area contributed by atoms with Crippen molar-refractivity contribution in [3.63, 3.8) is 0 Å². The van der Waals surface area contributed by atoms with Gasteiger partial charge in [0.2, 0.25) is 0 Å². The Morgan fingerprint density at radius 1 is 0.800 bits per heavy atom. The zero-order valence-electron chi connectivity index (χ0n) is 15.8. The van der Waals surface area contributed by atoms with Gasteiger partial charge in [0.15, 0.2) is 0 Å². The lowest BCUT2D eigenvalue weighted by atomic mass is 9.88.